The van der Waals surface area contributed by atoms with Crippen molar-refractivity contribution in [1.82, 2.24) is 10.6 Å². The molecule has 3 N–H and O–H groups in total. The summed E-state index contributed by atoms with van der Waals surface area (Å²) in [5.74, 6) is -3.00. The van der Waals surface area contributed by atoms with E-state index in [0.717, 1.165) is 12.8 Å². The van der Waals surface area contributed by atoms with E-state index in [1.54, 1.807) is 6.92 Å². The van der Waals surface area contributed by atoms with Gasteiger partial charge in [-0.25, -0.2) is 0 Å². The van der Waals surface area contributed by atoms with Gasteiger partial charge in [0.15, 0.2) is 0 Å². The normalized spacial score (nSPS) is 23.4. The molecule has 2 amide bonds. The van der Waals surface area contributed by atoms with Crippen LogP contribution in [0.2, 0.25) is 0 Å². The molecule has 1 saturated heterocycles. The molecule has 3 atom stereocenters. The third-order valence-electron chi connectivity index (χ3n) is 3.40. The van der Waals surface area contributed by atoms with E-state index >= 15 is 0 Å². The summed E-state index contributed by atoms with van der Waals surface area (Å²) < 4.78 is 0. The number of hydrogen-bond acceptors (Lipinski definition) is 3. The molecule has 1 aliphatic rings. The first kappa shape index (κ1) is 14.5. The van der Waals surface area contributed by atoms with Crippen LogP contribution in [-0.2, 0) is 14.4 Å². The summed E-state index contributed by atoms with van der Waals surface area (Å²) in [6.07, 6.45) is 2.37. The monoisotopic (exact) mass is 256 g/mol. The van der Waals surface area contributed by atoms with Gasteiger partial charge in [-0.05, 0) is 19.3 Å². The Morgan fingerprint density at radius 3 is 2.61 bits per heavy atom. The van der Waals surface area contributed by atoms with Gasteiger partial charge in [0.1, 0.15) is 6.04 Å². The molecule has 6 heteroatoms. The zero-order chi connectivity index (χ0) is 13.7. The largest absolute Gasteiger partial charge is 0.481 e. The molecule has 0 spiro atoms. The third kappa shape index (κ3) is 3.72. The number of nitrogens with one attached hydrogen (secondary N) is 2. The molecule has 0 aromatic rings. The second-order valence-corrected chi connectivity index (χ2v) is 4.76. The van der Waals surface area contributed by atoms with Gasteiger partial charge in [0.05, 0.1) is 5.92 Å². The van der Waals surface area contributed by atoms with Gasteiger partial charge in [-0.1, -0.05) is 13.8 Å². The van der Waals surface area contributed by atoms with Crippen LogP contribution in [0, 0.1) is 11.8 Å². The summed E-state index contributed by atoms with van der Waals surface area (Å²) in [4.78, 5) is 34.3. The van der Waals surface area contributed by atoms with Crippen LogP contribution in [0.5, 0.6) is 0 Å². The summed E-state index contributed by atoms with van der Waals surface area (Å²) in [5.41, 5.74) is 0. The van der Waals surface area contributed by atoms with Crippen molar-refractivity contribution in [2.45, 2.75) is 39.2 Å². The van der Waals surface area contributed by atoms with Crippen molar-refractivity contribution >= 4 is 17.8 Å². The highest BCUT2D eigenvalue weighted by atomic mass is 16.4. The minimum atomic E-state index is -1.01. The molecular formula is C12H20N2O4. The highest BCUT2D eigenvalue weighted by Crippen LogP contribution is 2.13. The number of rotatable bonds is 4. The fourth-order valence-corrected chi connectivity index (χ4v) is 1.82. The second kappa shape index (κ2) is 6.37. The Bertz CT molecular complexity index is 343. The summed E-state index contributed by atoms with van der Waals surface area (Å²) in [7, 11) is 0. The summed E-state index contributed by atoms with van der Waals surface area (Å²) in [5, 5.41) is 14.2. The van der Waals surface area contributed by atoms with Crippen LogP contribution in [0.4, 0.5) is 0 Å². The zero-order valence-corrected chi connectivity index (χ0v) is 10.7. The maximum atomic E-state index is 11.9. The van der Waals surface area contributed by atoms with E-state index in [9.17, 15) is 14.4 Å². The quantitative estimate of drug-likeness (QED) is 0.666. The second-order valence-electron chi connectivity index (χ2n) is 4.76. The predicted octanol–water partition coefficient (Wildman–Crippen LogP) is 0.128. The lowest BCUT2D eigenvalue weighted by atomic mass is 9.95. The van der Waals surface area contributed by atoms with Gasteiger partial charge >= 0.3 is 5.97 Å². The molecule has 6 nitrogen and oxygen atoms in total. The minimum absolute atomic E-state index is 0.184. The molecular weight excluding hydrogens is 236 g/mol. The van der Waals surface area contributed by atoms with Crippen LogP contribution < -0.4 is 10.6 Å². The zero-order valence-electron chi connectivity index (χ0n) is 10.7. The van der Waals surface area contributed by atoms with E-state index in [4.69, 9.17) is 5.11 Å². The smallest absolute Gasteiger partial charge is 0.307 e. The molecule has 0 saturated carbocycles. The number of carbonyl (C=O) groups excluding carboxylic acids is 2. The van der Waals surface area contributed by atoms with Gasteiger partial charge in [0.25, 0.3) is 0 Å². The predicted molar refractivity (Wildman–Crippen MR) is 64.8 cm³/mol. The molecule has 0 aromatic heterocycles. The Morgan fingerprint density at radius 1 is 1.33 bits per heavy atom. The third-order valence-corrected chi connectivity index (χ3v) is 3.40. The average Bonchev–Trinajstić information content (AvgIpc) is 2.53. The van der Waals surface area contributed by atoms with Crippen LogP contribution in [0.15, 0.2) is 0 Å². The van der Waals surface area contributed by atoms with Gasteiger partial charge in [-0.3, -0.25) is 14.4 Å². The van der Waals surface area contributed by atoms with Gasteiger partial charge in [0, 0.05) is 12.5 Å². The molecule has 0 radical (unpaired) electrons. The molecule has 3 unspecified atom stereocenters. The van der Waals surface area contributed by atoms with Crippen LogP contribution in [0.1, 0.15) is 33.1 Å². The van der Waals surface area contributed by atoms with Crippen LogP contribution in [0.3, 0.4) is 0 Å². The molecule has 18 heavy (non-hydrogen) atoms. The standard InChI is InChI=1S/C12H20N2O4/c1-7(8(2)12(17)18)10(15)14-9-5-3-4-6-13-11(9)16/h7-9H,3-6H2,1-2H3,(H,13,16)(H,14,15)(H,17,18). The fraction of sp³-hybridized carbons (Fsp3) is 0.750. The number of carboxylic acid groups (broad SMARTS) is 1. The number of hydrogen-bond donors (Lipinski definition) is 3. The van der Waals surface area contributed by atoms with E-state index in [1.807, 2.05) is 0 Å². The molecule has 1 heterocycles. The molecule has 102 valence electrons. The van der Waals surface area contributed by atoms with E-state index in [0.29, 0.717) is 13.0 Å². The fourth-order valence-electron chi connectivity index (χ4n) is 1.82. The van der Waals surface area contributed by atoms with Crippen molar-refractivity contribution in [3.63, 3.8) is 0 Å². The molecule has 0 aliphatic carbocycles. The Kier molecular flexibility index (Phi) is 5.12. The van der Waals surface area contributed by atoms with Crippen LogP contribution >= 0.6 is 0 Å². The summed E-state index contributed by atoms with van der Waals surface area (Å²) in [6, 6.07) is -0.538. The van der Waals surface area contributed by atoms with E-state index < -0.39 is 23.8 Å². The van der Waals surface area contributed by atoms with E-state index in [2.05, 4.69) is 10.6 Å². The van der Waals surface area contributed by atoms with E-state index in [1.165, 1.54) is 6.92 Å². The van der Waals surface area contributed by atoms with Crippen molar-refractivity contribution in [3.8, 4) is 0 Å². The molecule has 0 bridgehead atoms. The molecule has 1 aliphatic heterocycles. The minimum Gasteiger partial charge on any atom is -0.481 e. The van der Waals surface area contributed by atoms with Gasteiger partial charge < -0.3 is 15.7 Å². The molecule has 1 rings (SSSR count). The summed E-state index contributed by atoms with van der Waals surface area (Å²) in [6.45, 7) is 3.68. The van der Waals surface area contributed by atoms with Crippen molar-refractivity contribution in [2.24, 2.45) is 11.8 Å². The Hall–Kier alpha value is -1.59. The lowest BCUT2D eigenvalue weighted by molar-refractivity contribution is -0.146. The number of aliphatic carboxylic acids is 1. The van der Waals surface area contributed by atoms with Crippen molar-refractivity contribution in [2.75, 3.05) is 6.54 Å². The van der Waals surface area contributed by atoms with E-state index in [-0.39, 0.29) is 11.8 Å². The van der Waals surface area contributed by atoms with Gasteiger partial charge in [-0.2, -0.15) is 0 Å². The Labute approximate surface area is 106 Å². The number of carboxylic acids is 1. The molecule has 1 fully saturated rings. The van der Waals surface area contributed by atoms with Crippen molar-refractivity contribution in [3.05, 3.63) is 0 Å². The maximum Gasteiger partial charge on any atom is 0.307 e. The lowest BCUT2D eigenvalue weighted by Crippen LogP contribution is -2.48. The van der Waals surface area contributed by atoms with Crippen molar-refractivity contribution < 1.29 is 19.5 Å². The van der Waals surface area contributed by atoms with Crippen LogP contribution in [0.25, 0.3) is 0 Å². The SMILES string of the molecule is CC(C(=O)O)C(C)C(=O)NC1CCCCNC1=O. The molecule has 0 aromatic carbocycles. The lowest BCUT2D eigenvalue weighted by Gasteiger charge is -2.20. The number of carbonyl (C=O) groups is 3. The van der Waals surface area contributed by atoms with Gasteiger partial charge in [-0.15, -0.1) is 0 Å². The first-order chi connectivity index (χ1) is 8.43. The summed E-state index contributed by atoms with van der Waals surface area (Å²) >= 11 is 0. The highest BCUT2D eigenvalue weighted by molar-refractivity contribution is 5.90. The first-order valence-electron chi connectivity index (χ1n) is 6.24. The van der Waals surface area contributed by atoms with Crippen LogP contribution in [-0.4, -0.2) is 35.5 Å². The van der Waals surface area contributed by atoms with Crippen molar-refractivity contribution in [1.29, 1.82) is 0 Å². The number of amides is 2. The first-order valence-corrected chi connectivity index (χ1v) is 6.24. The Morgan fingerprint density at radius 2 is 2.00 bits per heavy atom. The Balaban J connectivity index is 2.57. The van der Waals surface area contributed by atoms with Gasteiger partial charge in [0.2, 0.25) is 11.8 Å². The highest BCUT2D eigenvalue weighted by Gasteiger charge is 2.29. The maximum absolute atomic E-state index is 11.9. The topological polar surface area (TPSA) is 95.5 Å². The average molecular weight is 256 g/mol.